The Kier molecular flexibility index (Phi) is 3.37. The SMILES string of the molecule is Cc1c(C)c2c(c(C)c1OP)CC[C@@](C)(C=O)O2. The van der Waals surface area contributed by atoms with Gasteiger partial charge in [0.05, 0.1) is 9.47 Å². The smallest absolute Gasteiger partial charge is 0.163 e. The highest BCUT2D eigenvalue weighted by molar-refractivity contribution is 7.10. The zero-order valence-electron chi connectivity index (χ0n) is 11.3. The molecule has 0 spiro atoms. The number of aldehydes is 1. The second-order valence-electron chi connectivity index (χ2n) is 5.16. The van der Waals surface area contributed by atoms with E-state index in [4.69, 9.17) is 9.26 Å². The molecule has 1 aliphatic rings. The zero-order chi connectivity index (χ0) is 13.5. The van der Waals surface area contributed by atoms with Crippen LogP contribution < -0.4 is 9.26 Å². The second kappa shape index (κ2) is 4.55. The third kappa shape index (κ3) is 1.91. The lowest BCUT2D eigenvalue weighted by molar-refractivity contribution is -0.121. The summed E-state index contributed by atoms with van der Waals surface area (Å²) >= 11 is 0. The van der Waals surface area contributed by atoms with Crippen molar-refractivity contribution in [3.63, 3.8) is 0 Å². The number of fused-ring (bicyclic) bond motifs is 1. The molecule has 0 saturated heterocycles. The second-order valence-corrected chi connectivity index (χ2v) is 5.40. The molecule has 0 amide bonds. The van der Waals surface area contributed by atoms with E-state index in [1.165, 1.54) is 0 Å². The van der Waals surface area contributed by atoms with E-state index in [0.717, 1.165) is 46.5 Å². The topological polar surface area (TPSA) is 35.5 Å². The van der Waals surface area contributed by atoms with Crippen LogP contribution in [0, 0.1) is 20.8 Å². The molecule has 1 heterocycles. The number of carbonyl (C=O) groups excluding carboxylic acids is 1. The van der Waals surface area contributed by atoms with E-state index < -0.39 is 5.60 Å². The summed E-state index contributed by atoms with van der Waals surface area (Å²) in [5.74, 6) is 1.76. The fraction of sp³-hybridized carbons (Fsp3) is 0.500. The van der Waals surface area contributed by atoms with Gasteiger partial charge in [0.1, 0.15) is 11.5 Å². The summed E-state index contributed by atoms with van der Waals surface area (Å²) in [4.78, 5) is 11.1. The van der Waals surface area contributed by atoms with Crippen LogP contribution in [0.25, 0.3) is 0 Å². The Morgan fingerprint density at radius 2 is 1.94 bits per heavy atom. The molecule has 98 valence electrons. The largest absolute Gasteiger partial charge is 0.480 e. The van der Waals surface area contributed by atoms with Gasteiger partial charge in [-0.05, 0) is 57.2 Å². The highest BCUT2D eigenvalue weighted by Gasteiger charge is 2.34. The molecule has 0 bridgehead atoms. The third-order valence-corrected chi connectivity index (χ3v) is 4.12. The van der Waals surface area contributed by atoms with Gasteiger partial charge in [-0.25, -0.2) is 0 Å². The molecule has 1 aliphatic heterocycles. The number of carbonyl (C=O) groups is 1. The van der Waals surface area contributed by atoms with Crippen LogP contribution in [-0.4, -0.2) is 11.9 Å². The molecule has 1 aromatic carbocycles. The third-order valence-electron chi connectivity index (χ3n) is 3.88. The van der Waals surface area contributed by atoms with Gasteiger partial charge >= 0.3 is 0 Å². The summed E-state index contributed by atoms with van der Waals surface area (Å²) in [5, 5.41) is 0. The van der Waals surface area contributed by atoms with Crippen molar-refractivity contribution in [1.82, 2.24) is 0 Å². The molecule has 1 unspecified atom stereocenters. The summed E-state index contributed by atoms with van der Waals surface area (Å²) < 4.78 is 11.3. The van der Waals surface area contributed by atoms with Crippen molar-refractivity contribution < 1.29 is 14.1 Å². The molecule has 4 heteroatoms. The van der Waals surface area contributed by atoms with Crippen molar-refractivity contribution in [2.45, 2.75) is 46.1 Å². The molecule has 0 fully saturated rings. The van der Waals surface area contributed by atoms with Crippen LogP contribution in [-0.2, 0) is 11.2 Å². The van der Waals surface area contributed by atoms with E-state index >= 15 is 0 Å². The van der Waals surface area contributed by atoms with Gasteiger partial charge in [0, 0.05) is 5.56 Å². The lowest BCUT2D eigenvalue weighted by atomic mass is 9.88. The Labute approximate surface area is 110 Å². The van der Waals surface area contributed by atoms with Gasteiger partial charge in [-0.15, -0.1) is 0 Å². The fourth-order valence-electron chi connectivity index (χ4n) is 2.51. The highest BCUT2D eigenvalue weighted by atomic mass is 31.0. The van der Waals surface area contributed by atoms with Crippen LogP contribution in [0.5, 0.6) is 11.5 Å². The van der Waals surface area contributed by atoms with E-state index in [1.807, 2.05) is 27.7 Å². The van der Waals surface area contributed by atoms with Gasteiger partial charge in [-0.2, -0.15) is 0 Å². The first-order chi connectivity index (χ1) is 8.43. The summed E-state index contributed by atoms with van der Waals surface area (Å²) in [6.45, 7) is 7.90. The molecule has 0 radical (unpaired) electrons. The summed E-state index contributed by atoms with van der Waals surface area (Å²) in [6.07, 6.45) is 2.46. The maximum Gasteiger partial charge on any atom is 0.163 e. The Bertz CT molecular complexity index is 510. The molecule has 1 aromatic rings. The number of hydrogen-bond acceptors (Lipinski definition) is 3. The van der Waals surface area contributed by atoms with Gasteiger partial charge in [-0.3, -0.25) is 4.79 Å². The lowest BCUT2D eigenvalue weighted by Gasteiger charge is -2.34. The Morgan fingerprint density at radius 1 is 1.28 bits per heavy atom. The zero-order valence-corrected chi connectivity index (χ0v) is 12.4. The van der Waals surface area contributed by atoms with Gasteiger partial charge in [0.15, 0.2) is 11.9 Å². The molecule has 0 saturated carbocycles. The number of benzene rings is 1. The normalized spacial score (nSPS) is 22.1. The summed E-state index contributed by atoms with van der Waals surface area (Å²) in [7, 11) is 2.30. The Morgan fingerprint density at radius 3 is 2.50 bits per heavy atom. The van der Waals surface area contributed by atoms with Crippen molar-refractivity contribution in [2.75, 3.05) is 0 Å². The van der Waals surface area contributed by atoms with E-state index in [0.29, 0.717) is 6.42 Å². The van der Waals surface area contributed by atoms with Crippen LogP contribution in [0.4, 0.5) is 0 Å². The van der Waals surface area contributed by atoms with E-state index in [9.17, 15) is 4.79 Å². The van der Waals surface area contributed by atoms with Crippen LogP contribution in [0.2, 0.25) is 0 Å². The van der Waals surface area contributed by atoms with Crippen molar-refractivity contribution in [1.29, 1.82) is 0 Å². The minimum atomic E-state index is -0.694. The van der Waals surface area contributed by atoms with Crippen molar-refractivity contribution in [3.8, 4) is 11.5 Å². The molecule has 0 aliphatic carbocycles. The quantitative estimate of drug-likeness (QED) is 0.609. The molecule has 2 rings (SSSR count). The predicted octanol–water partition coefficient (Wildman–Crippen LogP) is 3.06. The average Bonchev–Trinajstić information content (AvgIpc) is 2.37. The molecule has 18 heavy (non-hydrogen) atoms. The first-order valence-corrected chi connectivity index (χ1v) is 6.55. The van der Waals surface area contributed by atoms with Crippen LogP contribution in [0.15, 0.2) is 0 Å². The molecule has 0 N–H and O–H groups in total. The molecular formula is C14H19O3P. The predicted molar refractivity (Wildman–Crippen MR) is 74.4 cm³/mol. The standard InChI is InChI=1S/C14H19O3P/c1-8-9(2)13-11(10(3)12(8)17-18)5-6-14(4,7-15)16-13/h7H,5-6,18H2,1-4H3/t14-/m0/s1. The molecule has 3 nitrogen and oxygen atoms in total. The van der Waals surface area contributed by atoms with Gasteiger partial charge in [0.25, 0.3) is 0 Å². The van der Waals surface area contributed by atoms with E-state index in [1.54, 1.807) is 0 Å². The molecular weight excluding hydrogens is 247 g/mol. The van der Waals surface area contributed by atoms with E-state index in [-0.39, 0.29) is 0 Å². The first-order valence-electron chi connectivity index (χ1n) is 6.08. The van der Waals surface area contributed by atoms with Crippen molar-refractivity contribution in [3.05, 3.63) is 22.3 Å². The highest BCUT2D eigenvalue weighted by Crippen LogP contribution is 2.43. The molecule has 2 atom stereocenters. The maximum absolute atomic E-state index is 11.1. The average molecular weight is 266 g/mol. The van der Waals surface area contributed by atoms with Gasteiger partial charge in [0.2, 0.25) is 0 Å². The number of ether oxygens (including phenoxy) is 1. The number of rotatable bonds is 2. The Hall–Kier alpha value is -1.08. The monoisotopic (exact) mass is 266 g/mol. The summed E-state index contributed by atoms with van der Waals surface area (Å²) in [5.41, 5.74) is 3.70. The fourth-order valence-corrected chi connectivity index (χ4v) is 2.87. The molecule has 0 aromatic heterocycles. The van der Waals surface area contributed by atoms with Crippen LogP contribution in [0.1, 0.15) is 35.6 Å². The lowest BCUT2D eigenvalue weighted by Crippen LogP contribution is -2.38. The van der Waals surface area contributed by atoms with Gasteiger partial charge in [-0.1, -0.05) is 0 Å². The number of hydrogen-bond donors (Lipinski definition) is 0. The first kappa shape index (κ1) is 13.4. The van der Waals surface area contributed by atoms with Crippen molar-refractivity contribution in [2.24, 2.45) is 0 Å². The van der Waals surface area contributed by atoms with Crippen LogP contribution >= 0.6 is 9.47 Å². The van der Waals surface area contributed by atoms with Crippen LogP contribution in [0.3, 0.4) is 0 Å². The minimum Gasteiger partial charge on any atom is -0.480 e. The minimum absolute atomic E-state index is 0.694. The summed E-state index contributed by atoms with van der Waals surface area (Å²) in [6, 6.07) is 0. The van der Waals surface area contributed by atoms with Gasteiger partial charge < -0.3 is 9.26 Å². The maximum atomic E-state index is 11.1. The van der Waals surface area contributed by atoms with E-state index in [2.05, 4.69) is 9.47 Å². The van der Waals surface area contributed by atoms with Crippen molar-refractivity contribution >= 4 is 15.8 Å². The Balaban J connectivity index is 2.63.